The van der Waals surface area contributed by atoms with Crippen LogP contribution in [0.3, 0.4) is 0 Å². The smallest absolute Gasteiger partial charge is 0.156 e. The lowest BCUT2D eigenvalue weighted by molar-refractivity contribution is 0.404. The van der Waals surface area contributed by atoms with Crippen molar-refractivity contribution in [3.63, 3.8) is 0 Å². The Labute approximate surface area is 98.6 Å². The molecule has 1 aliphatic rings. The fraction of sp³-hybridized carbons (Fsp3) is 0.455. The van der Waals surface area contributed by atoms with Gasteiger partial charge in [0.1, 0.15) is 5.15 Å². The summed E-state index contributed by atoms with van der Waals surface area (Å²) in [4.78, 5) is 4.23. The highest BCUT2D eigenvalue weighted by molar-refractivity contribution is 6.29. The van der Waals surface area contributed by atoms with E-state index in [2.05, 4.69) is 15.4 Å². The third-order valence-electron chi connectivity index (χ3n) is 2.98. The molecule has 0 radical (unpaired) electrons. The average Bonchev–Trinajstić information content (AvgIpc) is 2.73. The first kappa shape index (κ1) is 10.1. The highest BCUT2D eigenvalue weighted by atomic mass is 35.5. The van der Waals surface area contributed by atoms with Crippen molar-refractivity contribution >= 4 is 17.2 Å². The van der Waals surface area contributed by atoms with Crippen molar-refractivity contribution in [3.05, 3.63) is 29.2 Å². The lowest BCUT2D eigenvalue weighted by atomic mass is 10.0. The van der Waals surface area contributed by atoms with Crippen molar-refractivity contribution in [2.75, 3.05) is 6.54 Å². The van der Waals surface area contributed by atoms with Gasteiger partial charge in [-0.3, -0.25) is 0 Å². The fourth-order valence-corrected chi connectivity index (χ4v) is 2.29. The van der Waals surface area contributed by atoms with E-state index in [-0.39, 0.29) is 0 Å². The van der Waals surface area contributed by atoms with Crippen molar-refractivity contribution in [2.24, 2.45) is 0 Å². The van der Waals surface area contributed by atoms with E-state index in [4.69, 9.17) is 11.6 Å². The summed E-state index contributed by atoms with van der Waals surface area (Å²) in [6.45, 7) is 1.08. The van der Waals surface area contributed by atoms with E-state index in [1.54, 1.807) is 10.6 Å². The molecule has 3 rings (SSSR count). The van der Waals surface area contributed by atoms with E-state index in [1.807, 2.05) is 12.3 Å². The molecule has 0 aliphatic carbocycles. The molecule has 2 aromatic rings. The molecule has 0 amide bonds. The molecular formula is C11H13ClN4. The van der Waals surface area contributed by atoms with Gasteiger partial charge >= 0.3 is 0 Å². The van der Waals surface area contributed by atoms with Gasteiger partial charge in [0.15, 0.2) is 5.65 Å². The van der Waals surface area contributed by atoms with Crippen LogP contribution in [0, 0.1) is 0 Å². The van der Waals surface area contributed by atoms with E-state index in [0.29, 0.717) is 11.2 Å². The third kappa shape index (κ3) is 1.79. The highest BCUT2D eigenvalue weighted by Gasteiger charge is 2.17. The highest BCUT2D eigenvalue weighted by Crippen LogP contribution is 2.22. The normalized spacial score (nSPS) is 21.4. The molecule has 1 atom stereocenters. The van der Waals surface area contributed by atoms with Crippen LogP contribution in [0.15, 0.2) is 18.3 Å². The van der Waals surface area contributed by atoms with Gasteiger partial charge in [0, 0.05) is 12.3 Å². The summed E-state index contributed by atoms with van der Waals surface area (Å²) in [5.74, 6) is 0. The Hall–Kier alpha value is -1.13. The Balaban J connectivity index is 1.97. The maximum Gasteiger partial charge on any atom is 0.156 e. The Morgan fingerprint density at radius 2 is 2.38 bits per heavy atom. The van der Waals surface area contributed by atoms with Crippen LogP contribution in [0.5, 0.6) is 0 Å². The van der Waals surface area contributed by atoms with Crippen molar-refractivity contribution in [2.45, 2.75) is 25.3 Å². The van der Waals surface area contributed by atoms with Crippen LogP contribution in [0.2, 0.25) is 5.15 Å². The average molecular weight is 237 g/mol. The third-order valence-corrected chi connectivity index (χ3v) is 3.19. The Morgan fingerprint density at radius 3 is 3.19 bits per heavy atom. The van der Waals surface area contributed by atoms with E-state index in [1.165, 1.54) is 12.8 Å². The van der Waals surface area contributed by atoms with Crippen molar-refractivity contribution < 1.29 is 0 Å². The number of nitrogens with one attached hydrogen (secondary N) is 1. The zero-order valence-corrected chi connectivity index (χ0v) is 9.61. The van der Waals surface area contributed by atoms with Crippen LogP contribution in [0.25, 0.3) is 5.65 Å². The van der Waals surface area contributed by atoms with Gasteiger partial charge in [-0.25, -0.2) is 9.50 Å². The first-order chi connectivity index (χ1) is 7.83. The number of piperidine rings is 1. The number of halogens is 1. The summed E-state index contributed by atoms with van der Waals surface area (Å²) in [7, 11) is 0. The lowest BCUT2D eigenvalue weighted by Crippen LogP contribution is -2.27. The predicted molar refractivity (Wildman–Crippen MR) is 62.6 cm³/mol. The number of aromatic nitrogens is 3. The molecule has 0 saturated carbocycles. The second-order valence-corrected chi connectivity index (χ2v) is 4.51. The van der Waals surface area contributed by atoms with Gasteiger partial charge in [-0.1, -0.05) is 18.0 Å². The maximum atomic E-state index is 5.85. The van der Waals surface area contributed by atoms with Gasteiger partial charge in [-0.05, 0) is 25.5 Å². The fourth-order valence-electron chi connectivity index (χ4n) is 2.15. The minimum atomic E-state index is 0.370. The van der Waals surface area contributed by atoms with Gasteiger partial charge in [0.05, 0.1) is 11.7 Å². The van der Waals surface area contributed by atoms with Crippen LogP contribution in [0.4, 0.5) is 0 Å². The molecule has 16 heavy (non-hydrogen) atoms. The van der Waals surface area contributed by atoms with Crippen LogP contribution < -0.4 is 5.32 Å². The first-order valence-corrected chi connectivity index (χ1v) is 5.96. The Kier molecular flexibility index (Phi) is 2.53. The second-order valence-electron chi connectivity index (χ2n) is 4.12. The molecule has 1 aliphatic heterocycles. The summed E-state index contributed by atoms with van der Waals surface area (Å²) in [6, 6.07) is 4.13. The van der Waals surface area contributed by atoms with Crippen molar-refractivity contribution in [1.82, 2.24) is 19.9 Å². The van der Waals surface area contributed by atoms with Crippen molar-refractivity contribution in [1.29, 1.82) is 0 Å². The largest absolute Gasteiger partial charge is 0.309 e. The first-order valence-electron chi connectivity index (χ1n) is 5.58. The van der Waals surface area contributed by atoms with Gasteiger partial charge < -0.3 is 5.32 Å². The molecule has 1 fully saturated rings. The molecule has 0 bridgehead atoms. The molecule has 0 spiro atoms. The number of hydrogen-bond acceptors (Lipinski definition) is 3. The zero-order chi connectivity index (χ0) is 11.0. The molecule has 4 nitrogen and oxygen atoms in total. The molecule has 2 aromatic heterocycles. The van der Waals surface area contributed by atoms with Crippen LogP contribution in [0.1, 0.15) is 31.0 Å². The minimum absolute atomic E-state index is 0.370. The van der Waals surface area contributed by atoms with Gasteiger partial charge in [-0.15, -0.1) is 0 Å². The minimum Gasteiger partial charge on any atom is -0.309 e. The van der Waals surface area contributed by atoms with Gasteiger partial charge in [0.2, 0.25) is 0 Å². The topological polar surface area (TPSA) is 42.2 Å². The SMILES string of the molecule is Clc1ccn2nc(C3CCCCN3)cc2n1. The van der Waals surface area contributed by atoms with E-state index in [0.717, 1.165) is 24.3 Å². The molecule has 1 unspecified atom stereocenters. The lowest BCUT2D eigenvalue weighted by Gasteiger charge is -2.21. The summed E-state index contributed by atoms with van der Waals surface area (Å²) < 4.78 is 1.78. The van der Waals surface area contributed by atoms with E-state index < -0.39 is 0 Å². The van der Waals surface area contributed by atoms with E-state index in [9.17, 15) is 0 Å². The monoisotopic (exact) mass is 236 g/mol. The quantitative estimate of drug-likeness (QED) is 0.772. The van der Waals surface area contributed by atoms with Gasteiger partial charge in [0.25, 0.3) is 0 Å². The summed E-state index contributed by atoms with van der Waals surface area (Å²) in [5.41, 5.74) is 1.88. The van der Waals surface area contributed by atoms with Crippen LogP contribution >= 0.6 is 11.6 Å². The molecule has 3 heterocycles. The number of nitrogens with zero attached hydrogens (tertiary/aromatic N) is 3. The Morgan fingerprint density at radius 1 is 1.44 bits per heavy atom. The molecule has 84 valence electrons. The zero-order valence-electron chi connectivity index (χ0n) is 8.86. The van der Waals surface area contributed by atoms with Crippen LogP contribution in [-0.4, -0.2) is 21.1 Å². The summed E-state index contributed by atoms with van der Waals surface area (Å²) >= 11 is 5.85. The summed E-state index contributed by atoms with van der Waals surface area (Å²) in [6.07, 6.45) is 5.52. The second kappa shape index (κ2) is 4.03. The van der Waals surface area contributed by atoms with Crippen LogP contribution in [-0.2, 0) is 0 Å². The maximum absolute atomic E-state index is 5.85. The Bertz CT molecular complexity index is 502. The number of hydrogen-bond donors (Lipinski definition) is 1. The van der Waals surface area contributed by atoms with E-state index >= 15 is 0 Å². The number of rotatable bonds is 1. The molecular weight excluding hydrogens is 224 g/mol. The van der Waals surface area contributed by atoms with Gasteiger partial charge in [-0.2, -0.15) is 5.10 Å². The molecule has 5 heteroatoms. The standard InChI is InChI=1S/C11H13ClN4/c12-10-4-6-16-11(14-10)7-9(15-16)8-3-1-2-5-13-8/h4,6-8,13H,1-3,5H2. The predicted octanol–water partition coefficient (Wildman–Crippen LogP) is 2.20. The summed E-state index contributed by atoms with van der Waals surface area (Å²) in [5, 5.41) is 8.49. The number of fused-ring (bicyclic) bond motifs is 1. The van der Waals surface area contributed by atoms with Crippen molar-refractivity contribution in [3.8, 4) is 0 Å². The molecule has 1 saturated heterocycles. The molecule has 0 aromatic carbocycles. The molecule has 1 N–H and O–H groups in total.